The molecular formula is C36H49N4O9P. The molecule has 2 aromatic carbocycles. The third-order valence-corrected chi connectivity index (χ3v) is 11.2. The second-order valence-corrected chi connectivity index (χ2v) is 15.9. The molecule has 3 amide bonds. The van der Waals surface area contributed by atoms with Gasteiger partial charge in [0, 0.05) is 26.1 Å². The summed E-state index contributed by atoms with van der Waals surface area (Å²) in [6, 6.07) is 12.0. The lowest BCUT2D eigenvalue weighted by molar-refractivity contribution is -0.151. The summed E-state index contributed by atoms with van der Waals surface area (Å²) in [4.78, 5) is 57.0. The van der Waals surface area contributed by atoms with Gasteiger partial charge in [0.05, 0.1) is 44.1 Å². The van der Waals surface area contributed by atoms with Crippen molar-refractivity contribution in [1.29, 1.82) is 0 Å². The Bertz CT molecular complexity index is 1790. The second-order valence-electron chi connectivity index (χ2n) is 13.7. The molecule has 14 heteroatoms. The molecule has 1 unspecified atom stereocenters. The maximum absolute atomic E-state index is 14.3. The minimum Gasteiger partial charge on any atom is -0.497 e. The van der Waals surface area contributed by atoms with Gasteiger partial charge < -0.3 is 23.4 Å². The largest absolute Gasteiger partial charge is 0.497 e. The van der Waals surface area contributed by atoms with Crippen molar-refractivity contribution in [3.63, 3.8) is 0 Å². The SMILES string of the molecule is CCOP(=O)(CCn1c(=O)n(C2CCC(=O)N(Cc3ccc(OC)cc3)C2=O)c2ccc(C3CCN(C(=O)OC(C)(C)C)CC3)cc21)OCC. The van der Waals surface area contributed by atoms with E-state index in [1.807, 2.05) is 39.0 Å². The smallest absolute Gasteiger partial charge is 0.410 e. The normalized spacial score (nSPS) is 17.8. The first-order valence-electron chi connectivity index (χ1n) is 17.3. The van der Waals surface area contributed by atoms with Gasteiger partial charge in [0.1, 0.15) is 17.4 Å². The Balaban J connectivity index is 1.48. The van der Waals surface area contributed by atoms with Gasteiger partial charge >= 0.3 is 19.4 Å². The Kier molecular flexibility index (Phi) is 11.6. The Labute approximate surface area is 292 Å². The molecule has 0 saturated carbocycles. The van der Waals surface area contributed by atoms with Crippen LogP contribution in [-0.4, -0.2) is 82.0 Å². The van der Waals surface area contributed by atoms with Gasteiger partial charge in [-0.2, -0.15) is 0 Å². The zero-order chi connectivity index (χ0) is 36.2. The molecule has 5 rings (SSSR count). The summed E-state index contributed by atoms with van der Waals surface area (Å²) < 4.78 is 38.3. The molecule has 272 valence electrons. The van der Waals surface area contributed by atoms with Gasteiger partial charge in [0.2, 0.25) is 5.91 Å². The molecule has 2 fully saturated rings. The number of hydrogen-bond acceptors (Lipinski definition) is 9. The Hall–Kier alpha value is -3.93. The third-order valence-electron chi connectivity index (χ3n) is 9.15. The number of carbonyl (C=O) groups is 3. The first-order valence-corrected chi connectivity index (χ1v) is 19.1. The van der Waals surface area contributed by atoms with Crippen LogP contribution in [0.5, 0.6) is 5.75 Å². The summed E-state index contributed by atoms with van der Waals surface area (Å²) in [5.41, 5.74) is 1.87. The van der Waals surface area contributed by atoms with E-state index in [1.54, 1.807) is 50.1 Å². The number of fused-ring (bicyclic) bond motifs is 1. The molecule has 1 atom stereocenters. The van der Waals surface area contributed by atoms with E-state index in [9.17, 15) is 23.7 Å². The number of carbonyl (C=O) groups excluding carboxylic acids is 3. The molecule has 0 spiro atoms. The van der Waals surface area contributed by atoms with Crippen molar-refractivity contribution in [2.24, 2.45) is 0 Å². The van der Waals surface area contributed by atoms with Gasteiger partial charge in [-0.3, -0.25) is 28.2 Å². The standard InChI is InChI=1S/C36H49N4O9P/c1-7-47-50(45,48-8-2)22-21-38-31-23-27(26-17-19-37(20-18-26)35(44)49-36(3,4)5)11-14-29(31)40(34(38)43)30-15-16-32(41)39(33(30)42)24-25-9-12-28(46-6)13-10-25/h9-14,23,26,30H,7-8,15-22,24H2,1-6H3. The van der Waals surface area contributed by atoms with Crippen LogP contribution in [0.25, 0.3) is 11.0 Å². The average Bonchev–Trinajstić information content (AvgIpc) is 3.35. The van der Waals surface area contributed by atoms with Crippen molar-refractivity contribution in [3.8, 4) is 5.75 Å². The molecule has 0 bridgehead atoms. The quantitative estimate of drug-likeness (QED) is 0.162. The molecule has 1 aromatic heterocycles. The highest BCUT2D eigenvalue weighted by Crippen LogP contribution is 2.48. The molecule has 50 heavy (non-hydrogen) atoms. The van der Waals surface area contributed by atoms with E-state index in [0.29, 0.717) is 42.7 Å². The van der Waals surface area contributed by atoms with Crippen LogP contribution >= 0.6 is 7.60 Å². The molecule has 2 aliphatic rings. The van der Waals surface area contributed by atoms with Gasteiger partial charge in [-0.1, -0.05) is 18.2 Å². The van der Waals surface area contributed by atoms with Crippen LogP contribution in [0.4, 0.5) is 4.79 Å². The molecule has 13 nitrogen and oxygen atoms in total. The van der Waals surface area contributed by atoms with Gasteiger partial charge in [-0.15, -0.1) is 0 Å². The number of imide groups is 1. The first-order chi connectivity index (χ1) is 23.8. The number of piperidine rings is 2. The Morgan fingerprint density at radius 2 is 1.58 bits per heavy atom. The summed E-state index contributed by atoms with van der Waals surface area (Å²) >= 11 is 0. The van der Waals surface area contributed by atoms with Crippen LogP contribution in [-0.2, 0) is 41.0 Å². The summed E-state index contributed by atoms with van der Waals surface area (Å²) in [5.74, 6) is 0.0321. The fourth-order valence-electron chi connectivity index (χ4n) is 6.71. The summed E-state index contributed by atoms with van der Waals surface area (Å²) in [6.07, 6.45) is 1.34. The molecule has 2 aliphatic heterocycles. The molecular weight excluding hydrogens is 663 g/mol. The maximum Gasteiger partial charge on any atom is 0.410 e. The zero-order valence-electron chi connectivity index (χ0n) is 29.9. The number of hydrogen-bond donors (Lipinski definition) is 0. The summed E-state index contributed by atoms with van der Waals surface area (Å²) in [7, 11) is -1.93. The number of methoxy groups -OCH3 is 1. The lowest BCUT2D eigenvalue weighted by Crippen LogP contribution is -2.47. The van der Waals surface area contributed by atoms with E-state index in [2.05, 4.69) is 0 Å². The molecule has 0 radical (unpaired) electrons. The van der Waals surface area contributed by atoms with Crippen LogP contribution in [0.2, 0.25) is 0 Å². The highest BCUT2D eigenvalue weighted by atomic mass is 31.2. The number of aryl methyl sites for hydroxylation is 1. The van der Waals surface area contributed by atoms with E-state index in [0.717, 1.165) is 11.1 Å². The van der Waals surface area contributed by atoms with Crippen molar-refractivity contribution in [2.45, 2.75) is 91.0 Å². The Morgan fingerprint density at radius 1 is 0.920 bits per heavy atom. The average molecular weight is 713 g/mol. The predicted molar refractivity (Wildman–Crippen MR) is 189 cm³/mol. The molecule has 0 aliphatic carbocycles. The second kappa shape index (κ2) is 15.5. The topological polar surface area (TPSA) is 139 Å². The molecule has 3 heterocycles. The van der Waals surface area contributed by atoms with Crippen molar-refractivity contribution in [2.75, 3.05) is 39.6 Å². The number of likely N-dealkylation sites (tertiary alicyclic amines) is 2. The number of imidazole rings is 1. The van der Waals surface area contributed by atoms with Crippen molar-refractivity contribution in [3.05, 3.63) is 64.1 Å². The van der Waals surface area contributed by atoms with Gasteiger partial charge in [0.15, 0.2) is 0 Å². The van der Waals surface area contributed by atoms with E-state index in [1.165, 1.54) is 14.0 Å². The van der Waals surface area contributed by atoms with Gasteiger partial charge in [-0.25, -0.2) is 9.59 Å². The van der Waals surface area contributed by atoms with E-state index >= 15 is 0 Å². The fourth-order valence-corrected chi connectivity index (χ4v) is 8.28. The monoisotopic (exact) mass is 712 g/mol. The highest BCUT2D eigenvalue weighted by molar-refractivity contribution is 7.53. The molecule has 2 saturated heterocycles. The van der Waals surface area contributed by atoms with E-state index in [4.69, 9.17) is 18.5 Å². The van der Waals surface area contributed by atoms with Crippen LogP contribution in [0.15, 0.2) is 47.3 Å². The van der Waals surface area contributed by atoms with E-state index in [-0.39, 0.29) is 63.2 Å². The van der Waals surface area contributed by atoms with E-state index < -0.39 is 30.8 Å². The number of aromatic nitrogens is 2. The van der Waals surface area contributed by atoms with Crippen molar-refractivity contribution in [1.82, 2.24) is 18.9 Å². The maximum atomic E-state index is 14.3. The Morgan fingerprint density at radius 3 is 2.18 bits per heavy atom. The van der Waals surface area contributed by atoms with Crippen molar-refractivity contribution >= 4 is 36.5 Å². The van der Waals surface area contributed by atoms with Gasteiger partial charge in [0.25, 0.3) is 5.91 Å². The number of nitrogens with zero attached hydrogens (tertiary/aromatic N) is 4. The minimum atomic E-state index is -3.50. The minimum absolute atomic E-state index is 0.0348. The highest BCUT2D eigenvalue weighted by Gasteiger charge is 2.38. The number of ether oxygens (including phenoxy) is 2. The first kappa shape index (κ1) is 37.3. The molecule has 3 aromatic rings. The predicted octanol–water partition coefficient (Wildman–Crippen LogP) is 6.08. The van der Waals surface area contributed by atoms with Crippen LogP contribution in [0.3, 0.4) is 0 Å². The number of amides is 3. The number of benzene rings is 2. The van der Waals surface area contributed by atoms with Crippen LogP contribution in [0.1, 0.15) is 83.4 Å². The van der Waals surface area contributed by atoms with Crippen LogP contribution < -0.4 is 10.4 Å². The van der Waals surface area contributed by atoms with Crippen LogP contribution in [0, 0.1) is 0 Å². The van der Waals surface area contributed by atoms with Gasteiger partial charge in [-0.05, 0) is 95.2 Å². The van der Waals surface area contributed by atoms with Crippen molar-refractivity contribution < 1.29 is 37.5 Å². The summed E-state index contributed by atoms with van der Waals surface area (Å²) in [5, 5.41) is 0. The lowest BCUT2D eigenvalue weighted by Gasteiger charge is -2.33. The molecule has 0 N–H and O–H groups in total. The third kappa shape index (κ3) is 8.33. The summed E-state index contributed by atoms with van der Waals surface area (Å²) in [6.45, 7) is 10.6. The lowest BCUT2D eigenvalue weighted by atomic mass is 9.89. The fraction of sp³-hybridized carbons (Fsp3) is 0.556. The number of rotatable bonds is 12. The zero-order valence-corrected chi connectivity index (χ0v) is 30.8.